The number of rotatable bonds is 4. The van der Waals surface area contributed by atoms with E-state index >= 15 is 0 Å². The molecule has 0 bridgehead atoms. The summed E-state index contributed by atoms with van der Waals surface area (Å²) < 4.78 is 33.5. The Hall–Kier alpha value is -0.140. The number of ether oxygens (including phenoxy) is 1. The average Bonchev–Trinajstić information content (AvgIpc) is 2.49. The van der Waals surface area contributed by atoms with E-state index in [4.69, 9.17) is 16.3 Å². The van der Waals surface area contributed by atoms with Crippen molar-refractivity contribution in [1.82, 2.24) is 4.31 Å². The molecule has 4 nitrogen and oxygen atoms in total. The maximum Gasteiger partial charge on any atom is 0.244 e. The van der Waals surface area contributed by atoms with Crippen LogP contribution in [0.3, 0.4) is 0 Å². The molecule has 1 aliphatic heterocycles. The molecule has 0 radical (unpaired) electrons. The molecule has 118 valence electrons. The van der Waals surface area contributed by atoms with Crippen LogP contribution in [0.1, 0.15) is 24.5 Å². The first kappa shape index (κ1) is 17.2. The Balaban J connectivity index is 2.50. The number of hydrogen-bond donors (Lipinski definition) is 0. The largest absolute Gasteiger partial charge is 0.378 e. The van der Waals surface area contributed by atoms with Crippen LogP contribution < -0.4 is 0 Å². The van der Waals surface area contributed by atoms with E-state index in [-0.39, 0.29) is 11.9 Å². The van der Waals surface area contributed by atoms with E-state index in [0.717, 1.165) is 17.5 Å². The summed E-state index contributed by atoms with van der Waals surface area (Å²) in [6.07, 6.45) is 0.727. The first-order valence-electron chi connectivity index (χ1n) is 6.86. The molecule has 0 aromatic heterocycles. The van der Waals surface area contributed by atoms with Crippen LogP contribution in [-0.4, -0.2) is 38.5 Å². The monoisotopic (exact) mass is 395 g/mol. The van der Waals surface area contributed by atoms with E-state index in [1.54, 1.807) is 10.4 Å². The number of hydrogen-bond acceptors (Lipinski definition) is 3. The predicted molar refractivity (Wildman–Crippen MR) is 87.2 cm³/mol. The molecule has 0 saturated carbocycles. The van der Waals surface area contributed by atoms with E-state index in [9.17, 15) is 8.42 Å². The SMILES string of the molecule is CCC1COCCN1S(=O)(=O)c1cc(CCl)cc(C)c1Br. The minimum atomic E-state index is -3.56. The Labute approximate surface area is 139 Å². The molecule has 0 spiro atoms. The Kier molecular flexibility index (Phi) is 5.71. The summed E-state index contributed by atoms with van der Waals surface area (Å²) in [5, 5.41) is 0. The highest BCUT2D eigenvalue weighted by Gasteiger charge is 2.34. The molecule has 1 aromatic carbocycles. The fourth-order valence-electron chi connectivity index (χ4n) is 2.48. The first-order valence-corrected chi connectivity index (χ1v) is 9.63. The van der Waals surface area contributed by atoms with Gasteiger partial charge in [0, 0.05) is 22.9 Å². The van der Waals surface area contributed by atoms with Gasteiger partial charge in [0.05, 0.1) is 18.1 Å². The third-order valence-corrected chi connectivity index (χ3v) is 7.27. The average molecular weight is 397 g/mol. The molecule has 1 heterocycles. The van der Waals surface area contributed by atoms with Gasteiger partial charge in [0.25, 0.3) is 0 Å². The topological polar surface area (TPSA) is 46.6 Å². The molecule has 1 fully saturated rings. The van der Waals surface area contributed by atoms with Gasteiger partial charge in [0.15, 0.2) is 0 Å². The highest BCUT2D eigenvalue weighted by atomic mass is 79.9. The third kappa shape index (κ3) is 3.45. The summed E-state index contributed by atoms with van der Waals surface area (Å²) in [5.41, 5.74) is 1.67. The van der Waals surface area contributed by atoms with Crippen LogP contribution in [0.25, 0.3) is 0 Å². The molecular formula is C14H19BrClNO3S. The second-order valence-electron chi connectivity index (χ2n) is 5.11. The van der Waals surface area contributed by atoms with Crippen molar-refractivity contribution >= 4 is 37.6 Å². The standard InChI is InChI=1S/C14H19BrClNO3S/c1-3-12-9-20-5-4-17(12)21(18,19)13-7-11(8-16)6-10(2)14(13)15/h6-7,12H,3-5,8-9H2,1-2H3. The highest BCUT2D eigenvalue weighted by molar-refractivity contribution is 9.10. The molecule has 1 unspecified atom stereocenters. The Morgan fingerprint density at radius 2 is 2.19 bits per heavy atom. The second-order valence-corrected chi connectivity index (χ2v) is 8.03. The molecule has 21 heavy (non-hydrogen) atoms. The van der Waals surface area contributed by atoms with Gasteiger partial charge in [-0.15, -0.1) is 11.6 Å². The summed E-state index contributed by atoms with van der Waals surface area (Å²) in [6.45, 7) is 5.10. The van der Waals surface area contributed by atoms with Gasteiger partial charge in [0.1, 0.15) is 0 Å². The highest BCUT2D eigenvalue weighted by Crippen LogP contribution is 2.32. The normalized spacial score (nSPS) is 20.7. The Morgan fingerprint density at radius 1 is 1.48 bits per heavy atom. The van der Waals surface area contributed by atoms with Gasteiger partial charge in [-0.2, -0.15) is 4.31 Å². The van der Waals surface area contributed by atoms with Crippen molar-refractivity contribution in [3.8, 4) is 0 Å². The molecule has 0 amide bonds. The number of morpholine rings is 1. The van der Waals surface area contributed by atoms with Crippen LogP contribution in [-0.2, 0) is 20.6 Å². The zero-order chi connectivity index (χ0) is 15.6. The molecule has 1 saturated heterocycles. The number of halogens is 2. The number of sulfonamides is 1. The smallest absolute Gasteiger partial charge is 0.244 e. The molecule has 2 rings (SSSR count). The lowest BCUT2D eigenvalue weighted by molar-refractivity contribution is 0.0314. The van der Waals surface area contributed by atoms with Gasteiger partial charge in [0.2, 0.25) is 10.0 Å². The summed E-state index contributed by atoms with van der Waals surface area (Å²) >= 11 is 9.28. The van der Waals surface area contributed by atoms with Crippen molar-refractivity contribution in [2.24, 2.45) is 0 Å². The summed E-state index contributed by atoms with van der Waals surface area (Å²) in [7, 11) is -3.56. The third-order valence-electron chi connectivity index (χ3n) is 3.67. The lowest BCUT2D eigenvalue weighted by Gasteiger charge is -2.34. The van der Waals surface area contributed by atoms with E-state index in [1.165, 1.54) is 0 Å². The van der Waals surface area contributed by atoms with Gasteiger partial charge in [-0.3, -0.25) is 0 Å². The first-order chi connectivity index (χ1) is 9.91. The van der Waals surface area contributed by atoms with Crippen LogP contribution in [0, 0.1) is 6.92 Å². The molecule has 1 atom stereocenters. The maximum atomic E-state index is 13.0. The van der Waals surface area contributed by atoms with Crippen LogP contribution in [0.5, 0.6) is 0 Å². The molecule has 0 aliphatic carbocycles. The molecule has 7 heteroatoms. The Bertz CT molecular complexity index is 621. The zero-order valence-corrected chi connectivity index (χ0v) is 15.3. The van der Waals surface area contributed by atoms with E-state index < -0.39 is 10.0 Å². The van der Waals surface area contributed by atoms with Crippen molar-refractivity contribution < 1.29 is 13.2 Å². The molecule has 0 N–H and O–H groups in total. The molecule has 1 aliphatic rings. The number of alkyl halides is 1. The van der Waals surface area contributed by atoms with Crippen molar-refractivity contribution in [2.75, 3.05) is 19.8 Å². The van der Waals surface area contributed by atoms with E-state index in [0.29, 0.717) is 29.1 Å². The quantitative estimate of drug-likeness (QED) is 0.734. The number of benzene rings is 1. The van der Waals surface area contributed by atoms with Crippen molar-refractivity contribution in [2.45, 2.75) is 37.1 Å². The zero-order valence-electron chi connectivity index (χ0n) is 12.1. The van der Waals surface area contributed by atoms with E-state index in [1.807, 2.05) is 19.9 Å². The summed E-state index contributed by atoms with van der Waals surface area (Å²) in [5.74, 6) is 0.289. The van der Waals surface area contributed by atoms with Gasteiger partial charge in [-0.05, 0) is 46.5 Å². The second kappa shape index (κ2) is 6.96. The fraction of sp³-hybridized carbons (Fsp3) is 0.571. The lowest BCUT2D eigenvalue weighted by Crippen LogP contribution is -2.48. The van der Waals surface area contributed by atoms with Gasteiger partial charge in [-0.1, -0.05) is 13.0 Å². The van der Waals surface area contributed by atoms with Crippen molar-refractivity contribution in [3.05, 3.63) is 27.7 Å². The van der Waals surface area contributed by atoms with Crippen molar-refractivity contribution in [1.29, 1.82) is 0 Å². The molecular weight excluding hydrogens is 378 g/mol. The number of nitrogens with zero attached hydrogens (tertiary/aromatic N) is 1. The summed E-state index contributed by atoms with van der Waals surface area (Å²) in [6, 6.07) is 3.43. The van der Waals surface area contributed by atoms with Crippen molar-refractivity contribution in [3.63, 3.8) is 0 Å². The van der Waals surface area contributed by atoms with Crippen LogP contribution >= 0.6 is 27.5 Å². The Morgan fingerprint density at radius 3 is 2.81 bits per heavy atom. The predicted octanol–water partition coefficient (Wildman–Crippen LogP) is 3.30. The summed E-state index contributed by atoms with van der Waals surface area (Å²) in [4.78, 5) is 0.290. The van der Waals surface area contributed by atoms with Gasteiger partial charge < -0.3 is 4.74 Å². The fourth-order valence-corrected chi connectivity index (χ4v) is 5.33. The van der Waals surface area contributed by atoms with Gasteiger partial charge >= 0.3 is 0 Å². The maximum absolute atomic E-state index is 13.0. The lowest BCUT2D eigenvalue weighted by atomic mass is 10.2. The molecule has 1 aromatic rings. The number of aryl methyl sites for hydroxylation is 1. The van der Waals surface area contributed by atoms with Crippen LogP contribution in [0.2, 0.25) is 0 Å². The van der Waals surface area contributed by atoms with Gasteiger partial charge in [-0.25, -0.2) is 8.42 Å². The van der Waals surface area contributed by atoms with Crippen LogP contribution in [0.15, 0.2) is 21.5 Å². The minimum Gasteiger partial charge on any atom is -0.378 e. The van der Waals surface area contributed by atoms with Crippen LogP contribution in [0.4, 0.5) is 0 Å². The van der Waals surface area contributed by atoms with E-state index in [2.05, 4.69) is 15.9 Å². The minimum absolute atomic E-state index is 0.115.